The number of anilines is 1. The van der Waals surface area contributed by atoms with Gasteiger partial charge in [0.15, 0.2) is 5.82 Å². The van der Waals surface area contributed by atoms with Crippen LogP contribution in [0.15, 0.2) is 49.1 Å². The molecule has 1 aliphatic heterocycles. The van der Waals surface area contributed by atoms with Gasteiger partial charge in [-0.25, -0.2) is 9.67 Å². The lowest BCUT2D eigenvalue weighted by molar-refractivity contribution is 0.0277. The molecule has 28 heavy (non-hydrogen) atoms. The van der Waals surface area contributed by atoms with E-state index in [-0.39, 0.29) is 24.4 Å². The van der Waals surface area contributed by atoms with Crippen molar-refractivity contribution in [1.29, 1.82) is 0 Å². The number of aryl methyl sites for hydroxylation is 1. The molecule has 1 saturated heterocycles. The molecule has 0 spiro atoms. The number of amides is 1. The van der Waals surface area contributed by atoms with E-state index in [1.54, 1.807) is 18.6 Å². The Bertz CT molecular complexity index is 920. The lowest BCUT2D eigenvalue weighted by Gasteiger charge is -2.24. The number of hydrogen-bond donors (Lipinski definition) is 2. The molecule has 0 radical (unpaired) electrons. The van der Waals surface area contributed by atoms with E-state index in [4.69, 9.17) is 4.74 Å². The molecule has 1 fully saturated rings. The normalized spacial score (nSPS) is 16.2. The summed E-state index contributed by atoms with van der Waals surface area (Å²) in [5, 5.41) is 10.4. The number of nitrogens with one attached hydrogen (secondary N) is 2. The van der Waals surface area contributed by atoms with E-state index >= 15 is 0 Å². The zero-order valence-corrected chi connectivity index (χ0v) is 16.1. The summed E-state index contributed by atoms with van der Waals surface area (Å²) in [5.74, 6) is 0.328. The van der Waals surface area contributed by atoms with Gasteiger partial charge in [0.05, 0.1) is 42.6 Å². The Hall–Kier alpha value is -2.81. The van der Waals surface area contributed by atoms with E-state index in [0.717, 1.165) is 30.0 Å². The van der Waals surface area contributed by atoms with Gasteiger partial charge in [0.1, 0.15) is 0 Å². The lowest BCUT2D eigenvalue weighted by atomic mass is 10.1. The van der Waals surface area contributed by atoms with Crippen molar-refractivity contribution in [2.75, 3.05) is 25.0 Å². The van der Waals surface area contributed by atoms with Crippen molar-refractivity contribution in [3.05, 3.63) is 65.9 Å². The molecule has 8 nitrogen and oxygen atoms in total. The van der Waals surface area contributed by atoms with E-state index in [2.05, 4.69) is 25.7 Å². The average Bonchev–Trinajstić information content (AvgIpc) is 3.20. The summed E-state index contributed by atoms with van der Waals surface area (Å²) < 4.78 is 7.26. The molecule has 9 heteroatoms. The Morgan fingerprint density at radius 2 is 2.04 bits per heavy atom. The van der Waals surface area contributed by atoms with E-state index < -0.39 is 0 Å². The first-order valence-corrected chi connectivity index (χ1v) is 8.76. The van der Waals surface area contributed by atoms with Gasteiger partial charge in [-0.1, -0.05) is 12.1 Å². The van der Waals surface area contributed by atoms with Crippen LogP contribution < -0.4 is 10.6 Å². The number of benzene rings is 1. The molecule has 3 heterocycles. The Morgan fingerprint density at radius 1 is 1.21 bits per heavy atom. The van der Waals surface area contributed by atoms with Gasteiger partial charge in [-0.2, -0.15) is 5.10 Å². The zero-order valence-electron chi connectivity index (χ0n) is 15.3. The molecule has 1 atom stereocenters. The van der Waals surface area contributed by atoms with Crippen LogP contribution in [0, 0.1) is 6.92 Å². The van der Waals surface area contributed by atoms with Gasteiger partial charge in [-0.05, 0) is 24.6 Å². The molecule has 0 aliphatic carbocycles. The molecule has 2 aromatic heterocycles. The maximum absolute atomic E-state index is 12.5. The number of rotatable bonds is 4. The minimum atomic E-state index is -0.232. The second-order valence-corrected chi connectivity index (χ2v) is 6.33. The van der Waals surface area contributed by atoms with Crippen LogP contribution in [0.4, 0.5) is 5.69 Å². The van der Waals surface area contributed by atoms with Crippen LogP contribution >= 0.6 is 12.4 Å². The topological polar surface area (TPSA) is 94.0 Å². The van der Waals surface area contributed by atoms with Crippen molar-refractivity contribution in [2.24, 2.45) is 0 Å². The number of morpholine rings is 1. The molecule has 1 aliphatic rings. The average molecular weight is 401 g/mol. The molecule has 0 unspecified atom stereocenters. The first-order valence-electron chi connectivity index (χ1n) is 8.76. The van der Waals surface area contributed by atoms with Crippen LogP contribution in [0.25, 0.3) is 5.82 Å². The van der Waals surface area contributed by atoms with E-state index in [0.29, 0.717) is 18.0 Å². The first kappa shape index (κ1) is 19.9. The molecule has 0 saturated carbocycles. The van der Waals surface area contributed by atoms with Gasteiger partial charge in [-0.3, -0.25) is 9.78 Å². The Morgan fingerprint density at radius 3 is 2.71 bits per heavy atom. The number of hydrogen-bond acceptors (Lipinski definition) is 6. The monoisotopic (exact) mass is 400 g/mol. The fourth-order valence-electron chi connectivity index (χ4n) is 2.83. The number of carbonyl (C=O) groups is 1. The predicted molar refractivity (Wildman–Crippen MR) is 107 cm³/mol. The number of carbonyl (C=O) groups excluding carboxylic acids is 1. The summed E-state index contributed by atoms with van der Waals surface area (Å²) in [5.41, 5.74) is 3.07. The van der Waals surface area contributed by atoms with Gasteiger partial charge in [0.25, 0.3) is 5.91 Å². The summed E-state index contributed by atoms with van der Waals surface area (Å²) in [6.07, 6.45) is 6.46. The minimum Gasteiger partial charge on any atom is -0.371 e. The second-order valence-electron chi connectivity index (χ2n) is 6.33. The van der Waals surface area contributed by atoms with Crippen LogP contribution in [0.5, 0.6) is 0 Å². The molecular weight excluding hydrogens is 380 g/mol. The second kappa shape index (κ2) is 8.92. The van der Waals surface area contributed by atoms with Gasteiger partial charge < -0.3 is 15.4 Å². The number of ether oxygens (including phenoxy) is 1. The molecule has 1 aromatic carbocycles. The van der Waals surface area contributed by atoms with Crippen molar-refractivity contribution in [3.63, 3.8) is 0 Å². The summed E-state index contributed by atoms with van der Waals surface area (Å²) in [7, 11) is 0. The molecule has 146 valence electrons. The quantitative estimate of drug-likeness (QED) is 0.698. The Kier molecular flexibility index (Phi) is 6.35. The molecule has 1 amide bonds. The summed E-state index contributed by atoms with van der Waals surface area (Å²) in [6, 6.07) is 7.69. The number of halogens is 1. The van der Waals surface area contributed by atoms with Gasteiger partial charge in [0.2, 0.25) is 0 Å². The lowest BCUT2D eigenvalue weighted by Crippen LogP contribution is -2.33. The maximum Gasteiger partial charge on any atom is 0.258 e. The van der Waals surface area contributed by atoms with Crippen LogP contribution in [-0.2, 0) is 4.74 Å². The van der Waals surface area contributed by atoms with Gasteiger partial charge in [0, 0.05) is 25.0 Å². The molecule has 4 rings (SSSR count). The van der Waals surface area contributed by atoms with Crippen LogP contribution in [0.1, 0.15) is 27.7 Å². The van der Waals surface area contributed by atoms with Crippen molar-refractivity contribution < 1.29 is 9.53 Å². The maximum atomic E-state index is 12.5. The number of aromatic nitrogens is 4. The summed E-state index contributed by atoms with van der Waals surface area (Å²) >= 11 is 0. The molecular formula is C19H21ClN6O2. The van der Waals surface area contributed by atoms with E-state index in [1.165, 1.54) is 10.9 Å². The van der Waals surface area contributed by atoms with E-state index in [9.17, 15) is 4.79 Å². The number of nitrogens with zero attached hydrogens (tertiary/aromatic N) is 4. The SMILES string of the molecule is Cc1cnc(-n2cc(C(=O)Nc3ccc([C@H]4CNCCO4)cc3)cn2)cn1.Cl. The molecule has 3 aromatic rings. The zero-order chi connectivity index (χ0) is 18.6. The minimum absolute atomic E-state index is 0. The van der Waals surface area contributed by atoms with Gasteiger partial charge >= 0.3 is 0 Å². The highest BCUT2D eigenvalue weighted by Gasteiger charge is 2.16. The fraction of sp³-hybridized carbons (Fsp3) is 0.263. The van der Waals surface area contributed by atoms with Crippen molar-refractivity contribution in [2.45, 2.75) is 13.0 Å². The highest BCUT2D eigenvalue weighted by atomic mass is 35.5. The Labute approximate surface area is 168 Å². The third-order valence-corrected chi connectivity index (χ3v) is 4.31. The first-order chi connectivity index (χ1) is 13.2. The summed E-state index contributed by atoms with van der Waals surface area (Å²) in [4.78, 5) is 20.9. The third kappa shape index (κ3) is 4.53. The fourth-order valence-corrected chi connectivity index (χ4v) is 2.83. The van der Waals surface area contributed by atoms with E-state index in [1.807, 2.05) is 31.2 Å². The highest BCUT2D eigenvalue weighted by molar-refractivity contribution is 6.03. The largest absolute Gasteiger partial charge is 0.371 e. The Balaban J connectivity index is 0.00000225. The van der Waals surface area contributed by atoms with Crippen LogP contribution in [-0.4, -0.2) is 45.4 Å². The van der Waals surface area contributed by atoms with Crippen molar-refractivity contribution in [1.82, 2.24) is 25.1 Å². The standard InChI is InChI=1S/C19H20N6O2.ClH/c1-13-8-22-18(11-21-13)25-12-15(9-23-25)19(26)24-16-4-2-14(3-5-16)17-10-20-6-7-27-17;/h2-5,8-9,11-12,17,20H,6-7,10H2,1H3,(H,24,26);1H/t17-;/m1./s1. The molecule has 0 bridgehead atoms. The van der Waals surface area contributed by atoms with Crippen LogP contribution in [0.2, 0.25) is 0 Å². The van der Waals surface area contributed by atoms with Crippen molar-refractivity contribution in [3.8, 4) is 5.82 Å². The smallest absolute Gasteiger partial charge is 0.258 e. The third-order valence-electron chi connectivity index (χ3n) is 4.31. The van der Waals surface area contributed by atoms with Crippen molar-refractivity contribution >= 4 is 24.0 Å². The predicted octanol–water partition coefficient (Wildman–Crippen LogP) is 2.31. The summed E-state index contributed by atoms with van der Waals surface area (Å²) in [6.45, 7) is 4.25. The van der Waals surface area contributed by atoms with Gasteiger partial charge in [-0.15, -0.1) is 12.4 Å². The van der Waals surface area contributed by atoms with Crippen LogP contribution in [0.3, 0.4) is 0 Å². The molecule has 2 N–H and O–H groups in total. The highest BCUT2D eigenvalue weighted by Crippen LogP contribution is 2.21.